The van der Waals surface area contributed by atoms with Gasteiger partial charge in [-0.3, -0.25) is 14.5 Å². The Morgan fingerprint density at radius 3 is 2.35 bits per heavy atom. The molecule has 0 aromatic heterocycles. The van der Waals surface area contributed by atoms with Crippen molar-refractivity contribution in [2.24, 2.45) is 11.8 Å². The van der Waals surface area contributed by atoms with Crippen molar-refractivity contribution in [3.63, 3.8) is 0 Å². The number of carbonyl (C=O) groups is 2. The zero-order chi connectivity index (χ0) is 18.1. The summed E-state index contributed by atoms with van der Waals surface area (Å²) in [5.41, 5.74) is 1.30. The van der Waals surface area contributed by atoms with E-state index in [0.717, 1.165) is 45.3 Å². The van der Waals surface area contributed by atoms with Gasteiger partial charge in [-0.15, -0.1) is 0 Å². The highest BCUT2D eigenvalue weighted by molar-refractivity contribution is 5.86. The first-order valence-electron chi connectivity index (χ1n) is 9.57. The minimum Gasteiger partial charge on any atom is -0.481 e. The fraction of sp³-hybridized carbons (Fsp3) is 0.600. The monoisotopic (exact) mass is 358 g/mol. The van der Waals surface area contributed by atoms with Gasteiger partial charge in [0.2, 0.25) is 5.91 Å². The highest BCUT2D eigenvalue weighted by Crippen LogP contribution is 2.43. The van der Waals surface area contributed by atoms with E-state index in [1.165, 1.54) is 5.56 Å². The maximum Gasteiger partial charge on any atom is 0.310 e. The normalized spacial score (nSPS) is 31.8. The molecular formula is C20H26N2O4. The Morgan fingerprint density at radius 1 is 1.04 bits per heavy atom. The summed E-state index contributed by atoms with van der Waals surface area (Å²) in [5, 5.41) is 12.6. The summed E-state index contributed by atoms with van der Waals surface area (Å²) in [6.07, 6.45) is 2.83. The van der Waals surface area contributed by atoms with Gasteiger partial charge in [0.05, 0.1) is 24.0 Å². The molecule has 3 heterocycles. The number of aliphatic carboxylic acids is 1. The largest absolute Gasteiger partial charge is 0.481 e. The van der Waals surface area contributed by atoms with E-state index in [9.17, 15) is 14.7 Å². The van der Waals surface area contributed by atoms with Crippen molar-refractivity contribution in [2.75, 3.05) is 13.1 Å². The Bertz CT molecular complexity index is 657. The first-order valence-corrected chi connectivity index (χ1v) is 9.57. The molecule has 3 saturated heterocycles. The second-order valence-corrected chi connectivity index (χ2v) is 7.72. The molecule has 3 aliphatic rings. The van der Waals surface area contributed by atoms with Gasteiger partial charge < -0.3 is 15.2 Å². The number of rotatable bonds is 5. The number of hydrogen-bond donors (Lipinski definition) is 2. The summed E-state index contributed by atoms with van der Waals surface area (Å²) < 4.78 is 5.70. The molecule has 6 nitrogen and oxygen atoms in total. The highest BCUT2D eigenvalue weighted by atomic mass is 16.5. The molecule has 0 aliphatic carbocycles. The van der Waals surface area contributed by atoms with E-state index in [-0.39, 0.29) is 24.2 Å². The topological polar surface area (TPSA) is 78.9 Å². The Hall–Kier alpha value is -1.92. The van der Waals surface area contributed by atoms with E-state index in [1.54, 1.807) is 0 Å². The van der Waals surface area contributed by atoms with Crippen molar-refractivity contribution < 1.29 is 19.4 Å². The Labute approximate surface area is 153 Å². The molecule has 0 radical (unpaired) electrons. The summed E-state index contributed by atoms with van der Waals surface area (Å²) in [7, 11) is 0. The van der Waals surface area contributed by atoms with Crippen molar-refractivity contribution in [2.45, 2.75) is 50.5 Å². The van der Waals surface area contributed by atoms with E-state index in [1.807, 2.05) is 6.07 Å². The third-order valence-corrected chi connectivity index (χ3v) is 6.04. The van der Waals surface area contributed by atoms with Gasteiger partial charge >= 0.3 is 5.97 Å². The SMILES string of the molecule is O=C(NC1CCN(Cc2ccccc2)CC1)C1C(C(=O)O)[C@H]2CC[C@@H]1O2. The predicted molar refractivity (Wildman–Crippen MR) is 95.4 cm³/mol. The third kappa shape index (κ3) is 3.48. The minimum atomic E-state index is -0.907. The lowest BCUT2D eigenvalue weighted by Crippen LogP contribution is -2.50. The van der Waals surface area contributed by atoms with E-state index in [0.29, 0.717) is 0 Å². The van der Waals surface area contributed by atoms with Crippen LogP contribution in [0.3, 0.4) is 0 Å². The number of nitrogens with one attached hydrogen (secondary N) is 1. The van der Waals surface area contributed by atoms with Gasteiger partial charge in [-0.1, -0.05) is 30.3 Å². The first-order chi connectivity index (χ1) is 12.6. The number of piperidine rings is 1. The van der Waals surface area contributed by atoms with Gasteiger partial charge in [-0.25, -0.2) is 0 Å². The Kier molecular flexibility index (Phi) is 4.96. The van der Waals surface area contributed by atoms with Crippen LogP contribution in [0.5, 0.6) is 0 Å². The summed E-state index contributed by atoms with van der Waals surface area (Å²) in [6.45, 7) is 2.81. The Balaban J connectivity index is 1.29. The van der Waals surface area contributed by atoms with Crippen LogP contribution >= 0.6 is 0 Å². The number of amides is 1. The number of carbonyl (C=O) groups excluding carboxylic acids is 1. The number of ether oxygens (including phenoxy) is 1. The van der Waals surface area contributed by atoms with Crippen LogP contribution in [-0.2, 0) is 20.9 Å². The third-order valence-electron chi connectivity index (χ3n) is 6.04. The molecule has 6 heteroatoms. The first kappa shape index (κ1) is 17.5. The Morgan fingerprint density at radius 2 is 1.69 bits per heavy atom. The maximum atomic E-state index is 12.7. The molecule has 0 saturated carbocycles. The van der Waals surface area contributed by atoms with Crippen molar-refractivity contribution >= 4 is 11.9 Å². The zero-order valence-corrected chi connectivity index (χ0v) is 14.8. The number of benzene rings is 1. The van der Waals surface area contributed by atoms with Gasteiger partial charge in [0.15, 0.2) is 0 Å². The van der Waals surface area contributed by atoms with Gasteiger partial charge in [0.1, 0.15) is 0 Å². The quantitative estimate of drug-likeness (QED) is 0.837. The van der Waals surface area contributed by atoms with E-state index >= 15 is 0 Å². The minimum absolute atomic E-state index is 0.128. The number of likely N-dealkylation sites (tertiary alicyclic amines) is 1. The lowest BCUT2D eigenvalue weighted by molar-refractivity contribution is -0.148. The lowest BCUT2D eigenvalue weighted by Gasteiger charge is -2.33. The van der Waals surface area contributed by atoms with Gasteiger partial charge in [-0.05, 0) is 31.2 Å². The zero-order valence-electron chi connectivity index (χ0n) is 14.8. The van der Waals surface area contributed by atoms with Crippen LogP contribution in [0.1, 0.15) is 31.2 Å². The number of carboxylic acids is 1. The molecule has 2 unspecified atom stereocenters. The van der Waals surface area contributed by atoms with E-state index < -0.39 is 17.8 Å². The van der Waals surface area contributed by atoms with E-state index in [4.69, 9.17) is 4.74 Å². The van der Waals surface area contributed by atoms with Crippen LogP contribution in [0, 0.1) is 11.8 Å². The molecule has 1 aromatic rings. The lowest BCUT2D eigenvalue weighted by atomic mass is 9.78. The summed E-state index contributed by atoms with van der Waals surface area (Å²) in [6, 6.07) is 10.5. The second kappa shape index (κ2) is 7.37. The number of carboxylic acid groups (broad SMARTS) is 1. The molecule has 4 rings (SSSR count). The van der Waals surface area contributed by atoms with Crippen LogP contribution in [0.2, 0.25) is 0 Å². The fourth-order valence-electron chi connectivity index (χ4n) is 4.70. The van der Waals surface area contributed by atoms with Gasteiger partial charge in [0, 0.05) is 25.7 Å². The average Bonchev–Trinajstić information content (AvgIpc) is 3.25. The number of fused-ring (bicyclic) bond motifs is 2. The molecule has 140 valence electrons. The smallest absolute Gasteiger partial charge is 0.310 e. The molecule has 1 amide bonds. The highest BCUT2D eigenvalue weighted by Gasteiger charge is 2.55. The average molecular weight is 358 g/mol. The second-order valence-electron chi connectivity index (χ2n) is 7.72. The van der Waals surface area contributed by atoms with Crippen LogP contribution in [0.15, 0.2) is 30.3 Å². The summed E-state index contributed by atoms with van der Waals surface area (Å²) in [5.74, 6) is -2.26. The summed E-state index contributed by atoms with van der Waals surface area (Å²) in [4.78, 5) is 26.7. The van der Waals surface area contributed by atoms with Crippen molar-refractivity contribution in [1.82, 2.24) is 10.2 Å². The fourth-order valence-corrected chi connectivity index (χ4v) is 4.70. The predicted octanol–water partition coefficient (Wildman–Crippen LogP) is 1.65. The van der Waals surface area contributed by atoms with Crippen LogP contribution in [0.25, 0.3) is 0 Å². The molecule has 1 aromatic carbocycles. The van der Waals surface area contributed by atoms with Gasteiger partial charge in [0.25, 0.3) is 0 Å². The van der Waals surface area contributed by atoms with Crippen molar-refractivity contribution in [3.8, 4) is 0 Å². The molecule has 2 N–H and O–H groups in total. The molecule has 0 spiro atoms. The molecule has 3 aliphatic heterocycles. The molecule has 26 heavy (non-hydrogen) atoms. The van der Waals surface area contributed by atoms with Crippen molar-refractivity contribution in [3.05, 3.63) is 35.9 Å². The molecule has 4 atom stereocenters. The van der Waals surface area contributed by atoms with Crippen molar-refractivity contribution in [1.29, 1.82) is 0 Å². The van der Waals surface area contributed by atoms with E-state index in [2.05, 4.69) is 34.5 Å². The molecule has 2 bridgehead atoms. The summed E-state index contributed by atoms with van der Waals surface area (Å²) >= 11 is 0. The van der Waals surface area contributed by atoms with Crippen LogP contribution in [-0.4, -0.2) is 53.2 Å². The molecular weight excluding hydrogens is 332 g/mol. The standard InChI is InChI=1S/C20H26N2O4/c23-19(17-15-6-7-16(26-15)18(17)20(24)25)21-14-8-10-22(11-9-14)12-13-4-2-1-3-5-13/h1-5,14-18H,6-12H2,(H,21,23)(H,24,25)/t15-,16+,17?,18?/m0/s1. The molecule has 3 fully saturated rings. The number of nitrogens with zero attached hydrogens (tertiary/aromatic N) is 1. The van der Waals surface area contributed by atoms with Crippen LogP contribution < -0.4 is 5.32 Å². The van der Waals surface area contributed by atoms with Gasteiger partial charge in [-0.2, -0.15) is 0 Å². The van der Waals surface area contributed by atoms with Crippen LogP contribution in [0.4, 0.5) is 0 Å². The maximum absolute atomic E-state index is 12.7. The number of hydrogen-bond acceptors (Lipinski definition) is 4.